The Morgan fingerprint density at radius 1 is 1.16 bits per heavy atom. The number of nitrogens with zero attached hydrogens (tertiary/aromatic N) is 2. The zero-order chi connectivity index (χ0) is 23.5. The first-order valence-corrected chi connectivity index (χ1v) is 12.0. The minimum absolute atomic E-state index is 0.0902. The molecule has 0 aromatic carbocycles. The predicted octanol–water partition coefficient (Wildman–Crippen LogP) is -2.07. The Kier molecular flexibility index (Phi) is 7.78. The van der Waals surface area contributed by atoms with Gasteiger partial charge in [0.1, 0.15) is 0 Å². The standard InChI is InChI=1S/C17H29BN4O9S/c19-13-11-22(32(28,29)21-6-4-20-5-7-21)10-12(13)2-1-3-18-30-16(27)17(31-18,8-14(23)24)9-15(25)26/h12-13,20H,1-11,19H2,(H,23,24)(H,25,26)/t12-,13-/m0/s1. The number of hydrogen-bond donors (Lipinski definition) is 4. The molecular formula is C17H29BN4O9S. The van der Waals surface area contributed by atoms with Gasteiger partial charge in [0.25, 0.3) is 10.2 Å². The van der Waals surface area contributed by atoms with Gasteiger partial charge in [0, 0.05) is 45.3 Å². The van der Waals surface area contributed by atoms with Gasteiger partial charge in [-0.3, -0.25) is 14.4 Å². The van der Waals surface area contributed by atoms with Crippen molar-refractivity contribution in [1.29, 1.82) is 0 Å². The number of rotatable bonds is 10. The van der Waals surface area contributed by atoms with Gasteiger partial charge in [0.2, 0.25) is 0 Å². The summed E-state index contributed by atoms with van der Waals surface area (Å²) in [6.45, 7) is 2.56. The molecule has 3 rings (SSSR count). The van der Waals surface area contributed by atoms with Crippen LogP contribution in [0.25, 0.3) is 0 Å². The number of carbonyl (C=O) groups excluding carboxylic acids is 1. The Hall–Kier alpha value is -1.78. The second-order valence-corrected chi connectivity index (χ2v) is 10.3. The third kappa shape index (κ3) is 5.58. The summed E-state index contributed by atoms with van der Waals surface area (Å²) < 4.78 is 39.1. The number of nitrogens with two attached hydrogens (primary N) is 1. The van der Waals surface area contributed by atoms with Crippen molar-refractivity contribution in [3.63, 3.8) is 0 Å². The van der Waals surface area contributed by atoms with E-state index in [4.69, 9.17) is 25.3 Å². The molecule has 0 saturated carbocycles. The van der Waals surface area contributed by atoms with E-state index in [1.54, 1.807) is 0 Å². The molecule has 0 bridgehead atoms. The molecule has 3 fully saturated rings. The lowest BCUT2D eigenvalue weighted by Gasteiger charge is -2.30. The van der Waals surface area contributed by atoms with Gasteiger partial charge in [0.15, 0.2) is 5.60 Å². The first-order valence-electron chi connectivity index (χ1n) is 10.6. The van der Waals surface area contributed by atoms with Crippen LogP contribution in [0.2, 0.25) is 6.32 Å². The number of piperazine rings is 1. The fourth-order valence-corrected chi connectivity index (χ4v) is 6.09. The average Bonchev–Trinajstić information content (AvgIpc) is 3.22. The maximum absolute atomic E-state index is 12.8. The summed E-state index contributed by atoms with van der Waals surface area (Å²) in [6, 6.07) is -0.335. The lowest BCUT2D eigenvalue weighted by atomic mass is 9.80. The summed E-state index contributed by atoms with van der Waals surface area (Å²) in [5.74, 6) is -3.83. The van der Waals surface area contributed by atoms with Crippen LogP contribution in [0.3, 0.4) is 0 Å². The third-order valence-electron chi connectivity index (χ3n) is 6.04. The van der Waals surface area contributed by atoms with E-state index >= 15 is 0 Å². The van der Waals surface area contributed by atoms with E-state index < -0.39 is 53.7 Å². The molecule has 0 unspecified atom stereocenters. The van der Waals surface area contributed by atoms with Gasteiger partial charge < -0.3 is 30.6 Å². The molecule has 15 heteroatoms. The highest BCUT2D eigenvalue weighted by molar-refractivity contribution is 7.86. The van der Waals surface area contributed by atoms with Crippen LogP contribution >= 0.6 is 0 Å². The first kappa shape index (κ1) is 24.9. The van der Waals surface area contributed by atoms with Crippen molar-refractivity contribution in [3.05, 3.63) is 0 Å². The van der Waals surface area contributed by atoms with E-state index in [0.29, 0.717) is 45.6 Å². The molecule has 0 amide bonds. The topological polar surface area (TPSA) is 189 Å². The Morgan fingerprint density at radius 2 is 1.78 bits per heavy atom. The van der Waals surface area contributed by atoms with Gasteiger partial charge in [-0.1, -0.05) is 6.42 Å². The summed E-state index contributed by atoms with van der Waals surface area (Å²) >= 11 is 0. The zero-order valence-corrected chi connectivity index (χ0v) is 18.5. The Bertz CT molecular complexity index is 820. The van der Waals surface area contributed by atoms with Crippen molar-refractivity contribution in [2.24, 2.45) is 11.7 Å². The highest BCUT2D eigenvalue weighted by Gasteiger charge is 2.55. The summed E-state index contributed by atoms with van der Waals surface area (Å²) in [5, 5.41) is 21.2. The number of hydrogen-bond acceptors (Lipinski definition) is 9. The lowest BCUT2D eigenvalue weighted by Crippen LogP contribution is -2.51. The van der Waals surface area contributed by atoms with Crippen molar-refractivity contribution < 1.29 is 42.3 Å². The molecule has 2 atom stereocenters. The van der Waals surface area contributed by atoms with Crippen molar-refractivity contribution in [2.75, 3.05) is 39.3 Å². The average molecular weight is 476 g/mol. The fraction of sp³-hybridized carbons (Fsp3) is 0.824. The molecule has 0 aromatic rings. The van der Waals surface area contributed by atoms with E-state index in [1.165, 1.54) is 8.61 Å². The molecule has 180 valence electrons. The smallest absolute Gasteiger partial charge is 0.507 e. The molecule has 3 heterocycles. The Balaban J connectivity index is 1.51. The third-order valence-corrected chi connectivity index (χ3v) is 8.01. The van der Waals surface area contributed by atoms with Crippen molar-refractivity contribution in [1.82, 2.24) is 13.9 Å². The quantitative estimate of drug-likeness (QED) is 0.253. The molecule has 3 saturated heterocycles. The van der Waals surface area contributed by atoms with Crippen LogP contribution in [0.1, 0.15) is 25.7 Å². The molecule has 3 aliphatic rings. The molecule has 3 aliphatic heterocycles. The minimum atomic E-state index is -3.57. The SMILES string of the molecule is N[C@H]1CN(S(=O)(=O)N2CCNCC2)C[C@@H]1CCCB1OC(=O)C(CC(=O)O)(CC(=O)O)O1. The Labute approximate surface area is 186 Å². The van der Waals surface area contributed by atoms with Crippen molar-refractivity contribution in [2.45, 2.75) is 43.6 Å². The van der Waals surface area contributed by atoms with Crippen LogP contribution in [0, 0.1) is 5.92 Å². The highest BCUT2D eigenvalue weighted by atomic mass is 32.2. The van der Waals surface area contributed by atoms with Crippen LogP contribution in [-0.4, -0.2) is 103 Å². The second kappa shape index (κ2) is 10.0. The monoisotopic (exact) mass is 476 g/mol. The van der Waals surface area contributed by atoms with E-state index in [2.05, 4.69) is 5.32 Å². The summed E-state index contributed by atoms with van der Waals surface area (Å²) in [4.78, 5) is 34.4. The Morgan fingerprint density at radius 3 is 2.38 bits per heavy atom. The normalized spacial score (nSPS) is 26.9. The molecule has 0 aliphatic carbocycles. The van der Waals surface area contributed by atoms with E-state index in [9.17, 15) is 22.8 Å². The van der Waals surface area contributed by atoms with Gasteiger partial charge >= 0.3 is 25.0 Å². The highest BCUT2D eigenvalue weighted by Crippen LogP contribution is 2.33. The summed E-state index contributed by atoms with van der Waals surface area (Å²) in [7, 11) is -4.63. The van der Waals surface area contributed by atoms with Crippen LogP contribution < -0.4 is 11.1 Å². The summed E-state index contributed by atoms with van der Waals surface area (Å²) in [6.07, 6.45) is -0.354. The van der Waals surface area contributed by atoms with Crippen LogP contribution in [0.4, 0.5) is 0 Å². The zero-order valence-electron chi connectivity index (χ0n) is 17.6. The van der Waals surface area contributed by atoms with Crippen LogP contribution in [0.5, 0.6) is 0 Å². The van der Waals surface area contributed by atoms with Gasteiger partial charge in [-0.05, 0) is 18.7 Å². The molecule has 0 aromatic heterocycles. The number of aliphatic carboxylic acids is 2. The number of carbonyl (C=O) groups is 3. The van der Waals surface area contributed by atoms with Gasteiger partial charge in [-0.2, -0.15) is 17.0 Å². The lowest BCUT2D eigenvalue weighted by molar-refractivity contribution is -0.157. The maximum atomic E-state index is 12.8. The predicted molar refractivity (Wildman–Crippen MR) is 111 cm³/mol. The molecule has 13 nitrogen and oxygen atoms in total. The molecule has 0 spiro atoms. The van der Waals surface area contributed by atoms with E-state index in [-0.39, 0.29) is 24.8 Å². The van der Waals surface area contributed by atoms with Gasteiger partial charge in [-0.25, -0.2) is 0 Å². The van der Waals surface area contributed by atoms with E-state index in [1.807, 2.05) is 0 Å². The number of carboxylic acid groups (broad SMARTS) is 2. The fourth-order valence-electron chi connectivity index (χ4n) is 4.38. The number of nitrogens with one attached hydrogen (secondary N) is 1. The van der Waals surface area contributed by atoms with Crippen LogP contribution in [0.15, 0.2) is 0 Å². The van der Waals surface area contributed by atoms with Crippen molar-refractivity contribution in [3.8, 4) is 0 Å². The molecule has 32 heavy (non-hydrogen) atoms. The van der Waals surface area contributed by atoms with Crippen molar-refractivity contribution >= 4 is 35.2 Å². The summed E-state index contributed by atoms with van der Waals surface area (Å²) in [5.41, 5.74) is 4.14. The van der Waals surface area contributed by atoms with Gasteiger partial charge in [0.05, 0.1) is 12.8 Å². The maximum Gasteiger partial charge on any atom is 0.528 e. The minimum Gasteiger partial charge on any atom is -0.507 e. The first-order chi connectivity index (χ1) is 15.0. The molecular weight excluding hydrogens is 447 g/mol. The molecule has 0 radical (unpaired) electrons. The second-order valence-electron chi connectivity index (χ2n) is 8.42. The van der Waals surface area contributed by atoms with E-state index in [0.717, 1.165) is 0 Å². The number of carboxylic acids is 2. The van der Waals surface area contributed by atoms with Crippen LogP contribution in [-0.2, 0) is 33.9 Å². The van der Waals surface area contributed by atoms with Gasteiger partial charge in [-0.15, -0.1) is 0 Å². The largest absolute Gasteiger partial charge is 0.528 e. The molecule has 5 N–H and O–H groups in total.